The van der Waals surface area contributed by atoms with Gasteiger partial charge in [-0.15, -0.1) is 0 Å². The van der Waals surface area contributed by atoms with Crippen molar-refractivity contribution in [2.45, 2.75) is 50.6 Å². The molecule has 1 aliphatic rings. The van der Waals surface area contributed by atoms with Crippen molar-refractivity contribution >= 4 is 18.0 Å². The molecule has 2 amide bonds. The van der Waals surface area contributed by atoms with Crippen LogP contribution in [-0.4, -0.2) is 53.0 Å². The molecule has 3 rings (SSSR count). The van der Waals surface area contributed by atoms with Crippen molar-refractivity contribution in [3.8, 4) is 11.1 Å². The van der Waals surface area contributed by atoms with Gasteiger partial charge in [0.1, 0.15) is 12.6 Å². The van der Waals surface area contributed by atoms with Gasteiger partial charge < -0.3 is 25.6 Å². The summed E-state index contributed by atoms with van der Waals surface area (Å²) in [5, 5.41) is 23.6. The molecule has 0 fully saturated rings. The van der Waals surface area contributed by atoms with Crippen molar-refractivity contribution < 1.29 is 29.3 Å². The van der Waals surface area contributed by atoms with Crippen molar-refractivity contribution in [3.63, 3.8) is 0 Å². The van der Waals surface area contributed by atoms with Gasteiger partial charge in [0.05, 0.1) is 6.61 Å². The molecule has 0 aromatic heterocycles. The first kappa shape index (κ1) is 24.3. The highest BCUT2D eigenvalue weighted by atomic mass is 16.5. The number of unbranched alkanes of at least 4 members (excludes halogenated alkanes) is 1. The molecule has 0 spiro atoms. The smallest absolute Gasteiger partial charge is 0.407 e. The number of hydrogen-bond donors (Lipinski definition) is 4. The number of hydrogen-bond acceptors (Lipinski definition) is 5. The molecule has 33 heavy (non-hydrogen) atoms. The number of amides is 2. The summed E-state index contributed by atoms with van der Waals surface area (Å²) in [5.74, 6) is -2.17. The van der Waals surface area contributed by atoms with Gasteiger partial charge in [0, 0.05) is 5.92 Å². The van der Waals surface area contributed by atoms with E-state index in [2.05, 4.69) is 10.6 Å². The normalized spacial score (nSPS) is 15.0. The molecule has 176 valence electrons. The molecule has 1 aliphatic carbocycles. The summed E-state index contributed by atoms with van der Waals surface area (Å²) in [7, 11) is 0. The molecule has 8 heteroatoms. The molecule has 0 radical (unpaired) electrons. The lowest BCUT2D eigenvalue weighted by Gasteiger charge is -2.27. The first-order chi connectivity index (χ1) is 15.8. The molecular weight excluding hydrogens is 424 g/mol. The fraction of sp³-hybridized carbons (Fsp3) is 0.400. The summed E-state index contributed by atoms with van der Waals surface area (Å²) < 4.78 is 5.51. The maximum Gasteiger partial charge on any atom is 0.407 e. The van der Waals surface area contributed by atoms with Crippen LogP contribution in [0.1, 0.15) is 50.2 Å². The Labute approximate surface area is 193 Å². The van der Waals surface area contributed by atoms with Crippen molar-refractivity contribution in [3.05, 3.63) is 59.7 Å². The van der Waals surface area contributed by atoms with Crippen LogP contribution in [0, 0.1) is 0 Å². The minimum Gasteiger partial charge on any atom is -0.479 e. The quantitative estimate of drug-likeness (QED) is 0.437. The highest BCUT2D eigenvalue weighted by molar-refractivity contribution is 5.91. The van der Waals surface area contributed by atoms with Crippen LogP contribution in [0.4, 0.5) is 4.79 Å². The zero-order chi connectivity index (χ0) is 24.0. The number of carbonyl (C=O) groups excluding carboxylic acids is 2. The average molecular weight is 455 g/mol. The van der Waals surface area contributed by atoms with Gasteiger partial charge in [-0.2, -0.15) is 0 Å². The highest BCUT2D eigenvalue weighted by Crippen LogP contribution is 2.44. The van der Waals surface area contributed by atoms with Crippen LogP contribution < -0.4 is 10.6 Å². The lowest BCUT2D eigenvalue weighted by molar-refractivity contribution is -0.149. The molecule has 0 heterocycles. The van der Waals surface area contributed by atoms with E-state index < -0.39 is 36.2 Å². The minimum absolute atomic E-state index is 0.103. The van der Waals surface area contributed by atoms with Crippen molar-refractivity contribution in [2.24, 2.45) is 0 Å². The van der Waals surface area contributed by atoms with Crippen LogP contribution in [0.3, 0.4) is 0 Å². The van der Waals surface area contributed by atoms with Gasteiger partial charge >= 0.3 is 12.1 Å². The molecule has 0 saturated heterocycles. The Hall–Kier alpha value is -3.39. The predicted molar refractivity (Wildman–Crippen MR) is 123 cm³/mol. The van der Waals surface area contributed by atoms with Gasteiger partial charge in [-0.3, -0.25) is 4.79 Å². The second-order valence-corrected chi connectivity index (χ2v) is 8.45. The van der Waals surface area contributed by atoms with Gasteiger partial charge in [0.2, 0.25) is 5.91 Å². The van der Waals surface area contributed by atoms with Crippen LogP contribution in [0.5, 0.6) is 0 Å². The van der Waals surface area contributed by atoms with Crippen LogP contribution in [0.15, 0.2) is 48.5 Å². The first-order valence-electron chi connectivity index (χ1n) is 11.1. The predicted octanol–water partition coefficient (Wildman–Crippen LogP) is 3.04. The summed E-state index contributed by atoms with van der Waals surface area (Å²) in [6.07, 6.45) is 0.985. The number of nitrogens with one attached hydrogen (secondary N) is 2. The number of benzene rings is 2. The largest absolute Gasteiger partial charge is 0.479 e. The van der Waals surface area contributed by atoms with Gasteiger partial charge in [0.25, 0.3) is 0 Å². The third-order valence-electron chi connectivity index (χ3n) is 5.99. The second kappa shape index (κ2) is 10.5. The SMILES string of the molecule is CCCCC(NC(=O)OCC1c2ccccc2-c2ccccc21)C(=O)NC(C)(CO)C(=O)O. The van der Waals surface area contributed by atoms with Gasteiger partial charge in [-0.25, -0.2) is 9.59 Å². The summed E-state index contributed by atoms with van der Waals surface area (Å²) >= 11 is 0. The number of aliphatic hydroxyl groups is 1. The van der Waals surface area contributed by atoms with Gasteiger partial charge in [-0.05, 0) is 35.6 Å². The number of aliphatic hydroxyl groups excluding tert-OH is 1. The van der Waals surface area contributed by atoms with Crippen molar-refractivity contribution in [2.75, 3.05) is 13.2 Å². The Kier molecular flexibility index (Phi) is 7.71. The topological polar surface area (TPSA) is 125 Å². The van der Waals surface area contributed by atoms with Crippen LogP contribution >= 0.6 is 0 Å². The number of aliphatic carboxylic acids is 1. The fourth-order valence-electron chi connectivity index (χ4n) is 3.98. The molecule has 2 atom stereocenters. The highest BCUT2D eigenvalue weighted by Gasteiger charge is 2.37. The monoisotopic (exact) mass is 454 g/mol. The van der Waals surface area contributed by atoms with E-state index in [0.717, 1.165) is 28.7 Å². The number of carbonyl (C=O) groups is 3. The van der Waals surface area contributed by atoms with Gasteiger partial charge in [0.15, 0.2) is 5.54 Å². The number of fused-ring (bicyclic) bond motifs is 3. The number of carboxylic acid groups (broad SMARTS) is 1. The molecule has 2 unspecified atom stereocenters. The van der Waals surface area contributed by atoms with Crippen molar-refractivity contribution in [1.29, 1.82) is 0 Å². The Morgan fingerprint density at radius 3 is 2.15 bits per heavy atom. The Morgan fingerprint density at radius 1 is 1.06 bits per heavy atom. The third-order valence-corrected chi connectivity index (χ3v) is 5.99. The average Bonchev–Trinajstić information content (AvgIpc) is 3.13. The zero-order valence-electron chi connectivity index (χ0n) is 18.8. The van der Waals surface area contributed by atoms with E-state index in [4.69, 9.17) is 4.74 Å². The summed E-state index contributed by atoms with van der Waals surface area (Å²) in [4.78, 5) is 36.7. The Bertz CT molecular complexity index is 978. The molecule has 0 saturated carbocycles. The van der Waals surface area contributed by atoms with Crippen molar-refractivity contribution in [1.82, 2.24) is 10.6 Å². The molecule has 0 aliphatic heterocycles. The number of alkyl carbamates (subject to hydrolysis) is 1. The summed E-state index contributed by atoms with van der Waals surface area (Å²) in [6, 6.07) is 15.0. The Balaban J connectivity index is 1.67. The van der Waals surface area contributed by atoms with Crippen LogP contribution in [0.25, 0.3) is 11.1 Å². The van der Waals surface area contributed by atoms with Gasteiger partial charge in [-0.1, -0.05) is 68.3 Å². The minimum atomic E-state index is -1.84. The van der Waals surface area contributed by atoms with E-state index >= 15 is 0 Å². The first-order valence-corrected chi connectivity index (χ1v) is 11.1. The zero-order valence-corrected chi connectivity index (χ0v) is 18.8. The summed E-state index contributed by atoms with van der Waals surface area (Å²) in [5.41, 5.74) is 2.53. The van der Waals surface area contributed by atoms with E-state index in [9.17, 15) is 24.6 Å². The van der Waals surface area contributed by atoms with E-state index in [1.165, 1.54) is 6.92 Å². The summed E-state index contributed by atoms with van der Waals surface area (Å²) in [6.45, 7) is 2.47. The lowest BCUT2D eigenvalue weighted by Crippen LogP contribution is -2.59. The maximum absolute atomic E-state index is 12.7. The molecular formula is C25H30N2O6. The lowest BCUT2D eigenvalue weighted by atomic mass is 9.98. The van der Waals surface area contributed by atoms with E-state index in [1.807, 2.05) is 55.5 Å². The van der Waals surface area contributed by atoms with E-state index in [0.29, 0.717) is 12.8 Å². The van der Waals surface area contributed by atoms with E-state index in [1.54, 1.807) is 0 Å². The standard InChI is InChI=1S/C25H30N2O6/c1-3-4-13-21(22(29)27-25(2,15-28)23(30)31)26-24(32)33-14-20-18-11-7-5-9-16(18)17-10-6-8-12-19(17)20/h5-12,20-21,28H,3-4,13-15H2,1-2H3,(H,26,32)(H,27,29)(H,30,31). The number of rotatable bonds is 10. The molecule has 8 nitrogen and oxygen atoms in total. The van der Waals surface area contributed by atoms with Crippen LogP contribution in [-0.2, 0) is 14.3 Å². The molecule has 2 aromatic carbocycles. The van der Waals surface area contributed by atoms with Crippen LogP contribution in [0.2, 0.25) is 0 Å². The number of ether oxygens (including phenoxy) is 1. The molecule has 2 aromatic rings. The Morgan fingerprint density at radius 2 is 1.64 bits per heavy atom. The third kappa shape index (κ3) is 5.34. The fourth-order valence-corrected chi connectivity index (χ4v) is 3.98. The maximum atomic E-state index is 12.7. The molecule has 4 N–H and O–H groups in total. The van der Waals surface area contributed by atoms with E-state index in [-0.39, 0.29) is 12.5 Å². The second-order valence-electron chi connectivity index (χ2n) is 8.45. The number of carboxylic acids is 1. The molecule has 0 bridgehead atoms.